The fourth-order valence-electron chi connectivity index (χ4n) is 5.26. The van der Waals surface area contributed by atoms with Gasteiger partial charge in [-0.3, -0.25) is 9.59 Å². The van der Waals surface area contributed by atoms with Crippen LogP contribution in [0.15, 0.2) is 97.2 Å². The zero-order chi connectivity index (χ0) is 37.8. The Morgan fingerprint density at radius 2 is 0.865 bits per heavy atom. The standard InChI is InChI=1S/C47H76O5/c1-3-5-7-9-11-13-15-17-19-21-23-25-27-29-31-33-35-37-39-41-46(49)51-44-45(43-48)52-47(50)42-40-38-36-34-32-30-28-26-24-22-20-18-16-14-12-10-8-6-4-2/h5,7,11-14,17-20,23,25,29,31,35,37,45,48H,3-4,6,8-10,15-16,21-22,24,26-28,30,32-34,36,38-44H2,1-2H3/b7-5+,13-11+,14-12+,19-17+,20-18+,25-23+,31-29+,37-35+/t45-/m0/s1. The molecule has 0 unspecified atom stereocenters. The summed E-state index contributed by atoms with van der Waals surface area (Å²) in [7, 11) is 0. The smallest absolute Gasteiger partial charge is 0.306 e. The molecular formula is C47H76O5. The Morgan fingerprint density at radius 1 is 0.462 bits per heavy atom. The molecule has 1 atom stereocenters. The monoisotopic (exact) mass is 721 g/mol. The van der Waals surface area contributed by atoms with Crippen molar-refractivity contribution < 1.29 is 24.2 Å². The fourth-order valence-corrected chi connectivity index (χ4v) is 5.26. The van der Waals surface area contributed by atoms with Crippen molar-refractivity contribution in [3.8, 4) is 0 Å². The molecule has 5 heteroatoms. The lowest BCUT2D eigenvalue weighted by Gasteiger charge is -2.15. The number of ether oxygens (including phenoxy) is 2. The molecular weight excluding hydrogens is 645 g/mol. The minimum absolute atomic E-state index is 0.113. The van der Waals surface area contributed by atoms with Gasteiger partial charge < -0.3 is 14.6 Å². The maximum absolute atomic E-state index is 12.2. The van der Waals surface area contributed by atoms with Gasteiger partial charge in [-0.1, -0.05) is 169 Å². The van der Waals surface area contributed by atoms with E-state index in [1.807, 2.05) is 12.2 Å². The van der Waals surface area contributed by atoms with Crippen LogP contribution in [0, 0.1) is 0 Å². The van der Waals surface area contributed by atoms with Crippen LogP contribution in [0.5, 0.6) is 0 Å². The number of hydrogen-bond donors (Lipinski definition) is 1. The van der Waals surface area contributed by atoms with Gasteiger partial charge in [-0.05, 0) is 83.5 Å². The minimum Gasteiger partial charge on any atom is -0.462 e. The van der Waals surface area contributed by atoms with Gasteiger partial charge in [0.2, 0.25) is 0 Å². The summed E-state index contributed by atoms with van der Waals surface area (Å²) in [6.45, 7) is 3.92. The molecule has 0 aromatic carbocycles. The summed E-state index contributed by atoms with van der Waals surface area (Å²) in [6.07, 6.45) is 59.1. The average Bonchev–Trinajstić information content (AvgIpc) is 3.15. The number of rotatable bonds is 36. The molecule has 0 saturated heterocycles. The zero-order valence-corrected chi connectivity index (χ0v) is 33.3. The SMILES string of the molecule is CC/C=C/C/C=C/C/C=C/C/C=C/C/C=C/C/C=C/CCC(=O)OC[C@H](CO)OC(=O)CCCCCCCCCCC/C=C/C/C=C/CCCCC. The molecule has 0 aromatic heterocycles. The molecule has 0 radical (unpaired) electrons. The van der Waals surface area contributed by atoms with Gasteiger partial charge >= 0.3 is 11.9 Å². The first-order valence-corrected chi connectivity index (χ1v) is 20.8. The Hall–Kier alpha value is -3.18. The number of unbranched alkanes of at least 4 members (excludes halogenated alkanes) is 12. The molecule has 0 fully saturated rings. The largest absolute Gasteiger partial charge is 0.462 e. The predicted molar refractivity (Wildman–Crippen MR) is 223 cm³/mol. The van der Waals surface area contributed by atoms with Crippen molar-refractivity contribution in [3.63, 3.8) is 0 Å². The molecule has 52 heavy (non-hydrogen) atoms. The van der Waals surface area contributed by atoms with E-state index in [2.05, 4.69) is 98.9 Å². The fraction of sp³-hybridized carbons (Fsp3) is 0.617. The third kappa shape index (κ3) is 39.6. The first-order valence-electron chi connectivity index (χ1n) is 20.8. The van der Waals surface area contributed by atoms with E-state index >= 15 is 0 Å². The highest BCUT2D eigenvalue weighted by Gasteiger charge is 2.15. The Balaban J connectivity index is 3.70. The average molecular weight is 721 g/mol. The van der Waals surface area contributed by atoms with Gasteiger partial charge in [0, 0.05) is 12.8 Å². The van der Waals surface area contributed by atoms with Crippen LogP contribution in [0.1, 0.15) is 168 Å². The minimum atomic E-state index is -0.810. The Labute approximate surface area is 319 Å². The van der Waals surface area contributed by atoms with Crippen LogP contribution in [0.4, 0.5) is 0 Å². The van der Waals surface area contributed by atoms with E-state index in [1.54, 1.807) is 0 Å². The van der Waals surface area contributed by atoms with Crippen LogP contribution < -0.4 is 0 Å². The number of allylic oxidation sites excluding steroid dienone is 16. The summed E-state index contributed by atoms with van der Waals surface area (Å²) in [4.78, 5) is 24.3. The quantitative estimate of drug-likeness (QED) is 0.0396. The molecule has 0 saturated carbocycles. The molecule has 0 bridgehead atoms. The van der Waals surface area contributed by atoms with Crippen molar-refractivity contribution >= 4 is 11.9 Å². The van der Waals surface area contributed by atoms with Crippen molar-refractivity contribution in [2.24, 2.45) is 0 Å². The summed E-state index contributed by atoms with van der Waals surface area (Å²) in [5.74, 6) is -0.701. The highest BCUT2D eigenvalue weighted by atomic mass is 16.6. The Kier molecular flexibility index (Phi) is 39.7. The van der Waals surface area contributed by atoms with Crippen molar-refractivity contribution in [3.05, 3.63) is 97.2 Å². The van der Waals surface area contributed by atoms with Gasteiger partial charge in [-0.2, -0.15) is 0 Å². The third-order valence-electron chi connectivity index (χ3n) is 8.38. The van der Waals surface area contributed by atoms with Crippen LogP contribution in [-0.4, -0.2) is 36.4 Å². The first kappa shape index (κ1) is 48.8. The molecule has 0 aliphatic rings. The molecule has 0 amide bonds. The van der Waals surface area contributed by atoms with E-state index in [0.29, 0.717) is 12.8 Å². The molecule has 1 N–H and O–H groups in total. The lowest BCUT2D eigenvalue weighted by atomic mass is 10.1. The van der Waals surface area contributed by atoms with Crippen LogP contribution >= 0.6 is 0 Å². The van der Waals surface area contributed by atoms with E-state index < -0.39 is 6.10 Å². The molecule has 0 aliphatic carbocycles. The maximum atomic E-state index is 12.2. The van der Waals surface area contributed by atoms with Crippen LogP contribution in [0.25, 0.3) is 0 Å². The van der Waals surface area contributed by atoms with Crippen LogP contribution in [0.3, 0.4) is 0 Å². The van der Waals surface area contributed by atoms with E-state index in [-0.39, 0.29) is 31.6 Å². The molecule has 5 nitrogen and oxygen atoms in total. The Bertz CT molecular complexity index is 1040. The maximum Gasteiger partial charge on any atom is 0.306 e. The normalized spacial score (nSPS) is 13.2. The summed E-state index contributed by atoms with van der Waals surface area (Å²) in [5.41, 5.74) is 0. The number of aliphatic hydroxyl groups excluding tert-OH is 1. The van der Waals surface area contributed by atoms with Crippen LogP contribution in [-0.2, 0) is 19.1 Å². The Morgan fingerprint density at radius 3 is 1.33 bits per heavy atom. The summed E-state index contributed by atoms with van der Waals surface area (Å²) in [5, 5.41) is 9.56. The summed E-state index contributed by atoms with van der Waals surface area (Å²) >= 11 is 0. The highest BCUT2D eigenvalue weighted by Crippen LogP contribution is 2.12. The lowest BCUT2D eigenvalue weighted by molar-refractivity contribution is -0.161. The molecule has 0 rings (SSSR count). The number of hydrogen-bond acceptors (Lipinski definition) is 5. The van der Waals surface area contributed by atoms with Crippen molar-refractivity contribution in [1.29, 1.82) is 0 Å². The van der Waals surface area contributed by atoms with E-state index in [4.69, 9.17) is 9.47 Å². The zero-order valence-electron chi connectivity index (χ0n) is 33.3. The van der Waals surface area contributed by atoms with E-state index in [1.165, 1.54) is 70.6 Å². The number of aliphatic hydroxyl groups is 1. The molecule has 0 aliphatic heterocycles. The van der Waals surface area contributed by atoms with Crippen molar-refractivity contribution in [2.45, 2.75) is 174 Å². The second-order valence-electron chi connectivity index (χ2n) is 13.3. The number of carbonyl (C=O) groups is 2. The van der Waals surface area contributed by atoms with Gasteiger partial charge in [-0.15, -0.1) is 0 Å². The van der Waals surface area contributed by atoms with Gasteiger partial charge in [0.25, 0.3) is 0 Å². The molecule has 0 heterocycles. The predicted octanol–water partition coefficient (Wildman–Crippen LogP) is 13.3. The molecule has 294 valence electrons. The second-order valence-corrected chi connectivity index (χ2v) is 13.3. The topological polar surface area (TPSA) is 72.8 Å². The van der Waals surface area contributed by atoms with Crippen molar-refractivity contribution in [1.82, 2.24) is 0 Å². The van der Waals surface area contributed by atoms with Gasteiger partial charge in [0.05, 0.1) is 6.61 Å². The third-order valence-corrected chi connectivity index (χ3v) is 8.38. The number of esters is 2. The molecule has 0 spiro atoms. The lowest BCUT2D eigenvalue weighted by Crippen LogP contribution is -2.28. The summed E-state index contributed by atoms with van der Waals surface area (Å²) in [6, 6.07) is 0. The first-order chi connectivity index (χ1) is 25.6. The van der Waals surface area contributed by atoms with E-state index in [0.717, 1.165) is 64.2 Å². The summed E-state index contributed by atoms with van der Waals surface area (Å²) < 4.78 is 10.6. The van der Waals surface area contributed by atoms with Crippen LogP contribution in [0.2, 0.25) is 0 Å². The second kappa shape index (κ2) is 42.2. The van der Waals surface area contributed by atoms with Gasteiger partial charge in [0.1, 0.15) is 6.61 Å². The highest BCUT2D eigenvalue weighted by molar-refractivity contribution is 5.70. The van der Waals surface area contributed by atoms with Crippen molar-refractivity contribution in [2.75, 3.05) is 13.2 Å². The van der Waals surface area contributed by atoms with Gasteiger partial charge in [0.15, 0.2) is 6.10 Å². The molecule has 0 aromatic rings. The van der Waals surface area contributed by atoms with E-state index in [9.17, 15) is 14.7 Å². The number of carbonyl (C=O) groups excluding carboxylic acids is 2. The van der Waals surface area contributed by atoms with Gasteiger partial charge in [-0.25, -0.2) is 0 Å².